The van der Waals surface area contributed by atoms with Gasteiger partial charge in [-0.2, -0.15) is 0 Å². The molecule has 0 spiro atoms. The van der Waals surface area contributed by atoms with Crippen molar-refractivity contribution in [3.8, 4) is 0 Å². The summed E-state index contributed by atoms with van der Waals surface area (Å²) >= 11 is 0. The maximum Gasteiger partial charge on any atom is 0.226 e. The second kappa shape index (κ2) is 7.69. The van der Waals surface area contributed by atoms with Gasteiger partial charge >= 0.3 is 0 Å². The van der Waals surface area contributed by atoms with Gasteiger partial charge in [-0.15, -0.1) is 0 Å². The summed E-state index contributed by atoms with van der Waals surface area (Å²) in [5.74, 6) is 0.776. The fourth-order valence-electron chi connectivity index (χ4n) is 1.76. The summed E-state index contributed by atoms with van der Waals surface area (Å²) in [5.41, 5.74) is 5.64. The molecule has 0 aliphatic carbocycles. The van der Waals surface area contributed by atoms with E-state index in [9.17, 15) is 4.79 Å². The molecular weight excluding hydrogens is 188 g/mol. The Morgan fingerprint density at radius 2 is 1.93 bits per heavy atom. The minimum atomic E-state index is 0.0219. The number of carbonyl (C=O) groups excluding carboxylic acids is 1. The smallest absolute Gasteiger partial charge is 0.226 e. The highest BCUT2D eigenvalue weighted by molar-refractivity contribution is 5.79. The average molecular weight is 214 g/mol. The first-order chi connectivity index (χ1) is 7.06. The van der Waals surface area contributed by atoms with Crippen molar-refractivity contribution in [3.63, 3.8) is 0 Å². The summed E-state index contributed by atoms with van der Waals surface area (Å²) < 4.78 is 0. The van der Waals surface area contributed by atoms with Crippen molar-refractivity contribution in [2.45, 2.75) is 40.5 Å². The summed E-state index contributed by atoms with van der Waals surface area (Å²) in [6, 6.07) is 0. The third-order valence-electron chi connectivity index (χ3n) is 2.55. The van der Waals surface area contributed by atoms with Crippen molar-refractivity contribution in [1.82, 2.24) is 4.90 Å². The number of hydrogen-bond donors (Lipinski definition) is 1. The number of carbonyl (C=O) groups is 1. The molecule has 0 aromatic heterocycles. The molecule has 0 heterocycles. The number of nitrogens with zero attached hydrogens (tertiary/aromatic N) is 1. The summed E-state index contributed by atoms with van der Waals surface area (Å²) in [6.45, 7) is 10.5. The van der Waals surface area contributed by atoms with Crippen LogP contribution in [0.3, 0.4) is 0 Å². The van der Waals surface area contributed by atoms with Gasteiger partial charge in [0, 0.05) is 19.6 Å². The minimum Gasteiger partial charge on any atom is -0.342 e. The topological polar surface area (TPSA) is 46.3 Å². The van der Waals surface area contributed by atoms with Gasteiger partial charge in [0.2, 0.25) is 5.91 Å². The number of rotatable bonds is 7. The third-order valence-corrected chi connectivity index (χ3v) is 2.55. The van der Waals surface area contributed by atoms with Gasteiger partial charge in [-0.05, 0) is 19.3 Å². The molecule has 0 aromatic rings. The van der Waals surface area contributed by atoms with Gasteiger partial charge in [-0.25, -0.2) is 0 Å². The molecule has 0 aliphatic rings. The van der Waals surface area contributed by atoms with Crippen LogP contribution in [-0.2, 0) is 4.79 Å². The fraction of sp³-hybridized carbons (Fsp3) is 0.917. The van der Waals surface area contributed by atoms with Gasteiger partial charge in [0.05, 0.1) is 5.92 Å². The van der Waals surface area contributed by atoms with E-state index in [1.54, 1.807) is 0 Å². The van der Waals surface area contributed by atoms with Crippen molar-refractivity contribution in [3.05, 3.63) is 0 Å². The van der Waals surface area contributed by atoms with Gasteiger partial charge < -0.3 is 10.6 Å². The van der Waals surface area contributed by atoms with Gasteiger partial charge in [0.25, 0.3) is 0 Å². The Morgan fingerprint density at radius 3 is 2.27 bits per heavy atom. The zero-order valence-electron chi connectivity index (χ0n) is 10.6. The van der Waals surface area contributed by atoms with Crippen molar-refractivity contribution in [2.24, 2.45) is 17.6 Å². The summed E-state index contributed by atoms with van der Waals surface area (Å²) in [7, 11) is 0. The molecule has 0 fully saturated rings. The van der Waals surface area contributed by atoms with Crippen LogP contribution in [0.1, 0.15) is 40.5 Å². The lowest BCUT2D eigenvalue weighted by Gasteiger charge is -2.27. The van der Waals surface area contributed by atoms with E-state index in [4.69, 9.17) is 5.73 Å². The maximum atomic E-state index is 12.1. The Balaban J connectivity index is 4.33. The van der Waals surface area contributed by atoms with Crippen LogP contribution >= 0.6 is 0 Å². The van der Waals surface area contributed by atoms with Crippen LogP contribution in [0.4, 0.5) is 0 Å². The third kappa shape index (κ3) is 5.17. The molecule has 0 radical (unpaired) electrons. The average Bonchev–Trinajstić information content (AvgIpc) is 2.21. The zero-order chi connectivity index (χ0) is 11.8. The molecule has 0 rings (SSSR count). The Kier molecular flexibility index (Phi) is 7.39. The van der Waals surface area contributed by atoms with Crippen LogP contribution in [0.25, 0.3) is 0 Å². The van der Waals surface area contributed by atoms with Crippen LogP contribution in [-0.4, -0.2) is 30.4 Å². The molecule has 2 N–H and O–H groups in total. The predicted molar refractivity (Wildman–Crippen MR) is 64.5 cm³/mol. The van der Waals surface area contributed by atoms with Crippen LogP contribution in [0.5, 0.6) is 0 Å². The standard InChI is InChI=1S/C12H26N2O/c1-5-7-11(8-13)12(15)14(6-2)9-10(3)4/h10-11H,5-9,13H2,1-4H3. The van der Waals surface area contributed by atoms with E-state index in [1.807, 2.05) is 11.8 Å². The Labute approximate surface area is 94.0 Å². The lowest BCUT2D eigenvalue weighted by Crippen LogP contribution is -2.40. The van der Waals surface area contributed by atoms with E-state index in [0.717, 1.165) is 25.9 Å². The SMILES string of the molecule is CCCC(CN)C(=O)N(CC)CC(C)C. The molecule has 0 saturated carbocycles. The van der Waals surface area contributed by atoms with Gasteiger partial charge in [0.1, 0.15) is 0 Å². The van der Waals surface area contributed by atoms with Crippen molar-refractivity contribution < 1.29 is 4.79 Å². The van der Waals surface area contributed by atoms with Crippen molar-refractivity contribution in [2.75, 3.05) is 19.6 Å². The molecule has 0 aromatic carbocycles. The first kappa shape index (κ1) is 14.4. The summed E-state index contributed by atoms with van der Waals surface area (Å²) in [5, 5.41) is 0. The molecule has 1 amide bonds. The van der Waals surface area contributed by atoms with E-state index in [1.165, 1.54) is 0 Å². The van der Waals surface area contributed by atoms with Crippen LogP contribution < -0.4 is 5.73 Å². The molecule has 0 bridgehead atoms. The molecule has 3 nitrogen and oxygen atoms in total. The first-order valence-corrected chi connectivity index (χ1v) is 6.05. The van der Waals surface area contributed by atoms with E-state index in [-0.39, 0.29) is 11.8 Å². The Morgan fingerprint density at radius 1 is 1.33 bits per heavy atom. The van der Waals surface area contributed by atoms with E-state index in [0.29, 0.717) is 12.5 Å². The molecule has 0 aliphatic heterocycles. The monoisotopic (exact) mass is 214 g/mol. The normalized spacial score (nSPS) is 12.9. The summed E-state index contributed by atoms with van der Waals surface area (Å²) in [4.78, 5) is 14.0. The van der Waals surface area contributed by atoms with E-state index >= 15 is 0 Å². The molecule has 1 atom stereocenters. The number of hydrogen-bond acceptors (Lipinski definition) is 2. The van der Waals surface area contributed by atoms with Gasteiger partial charge in [-0.1, -0.05) is 27.2 Å². The van der Waals surface area contributed by atoms with Crippen molar-refractivity contribution >= 4 is 5.91 Å². The molecule has 90 valence electrons. The number of nitrogens with two attached hydrogens (primary N) is 1. The van der Waals surface area contributed by atoms with Crippen LogP contribution in [0.2, 0.25) is 0 Å². The maximum absolute atomic E-state index is 12.1. The van der Waals surface area contributed by atoms with E-state index in [2.05, 4.69) is 20.8 Å². The molecule has 0 saturated heterocycles. The van der Waals surface area contributed by atoms with Crippen molar-refractivity contribution in [1.29, 1.82) is 0 Å². The highest BCUT2D eigenvalue weighted by Crippen LogP contribution is 2.10. The molecule has 15 heavy (non-hydrogen) atoms. The fourth-order valence-corrected chi connectivity index (χ4v) is 1.76. The quantitative estimate of drug-likeness (QED) is 0.703. The zero-order valence-corrected chi connectivity index (χ0v) is 10.6. The molecule has 1 unspecified atom stereocenters. The lowest BCUT2D eigenvalue weighted by molar-refractivity contribution is -0.135. The highest BCUT2D eigenvalue weighted by Gasteiger charge is 2.21. The molecular formula is C12H26N2O. The largest absolute Gasteiger partial charge is 0.342 e. The van der Waals surface area contributed by atoms with E-state index < -0.39 is 0 Å². The summed E-state index contributed by atoms with van der Waals surface area (Å²) in [6.07, 6.45) is 1.93. The Hall–Kier alpha value is -0.570. The number of amides is 1. The van der Waals surface area contributed by atoms with Crippen LogP contribution in [0.15, 0.2) is 0 Å². The Bertz CT molecular complexity index is 180. The predicted octanol–water partition coefficient (Wildman–Crippen LogP) is 1.87. The second-order valence-corrected chi connectivity index (χ2v) is 4.49. The molecule has 3 heteroatoms. The minimum absolute atomic E-state index is 0.0219. The second-order valence-electron chi connectivity index (χ2n) is 4.49. The lowest BCUT2D eigenvalue weighted by atomic mass is 10.0. The highest BCUT2D eigenvalue weighted by atomic mass is 16.2. The first-order valence-electron chi connectivity index (χ1n) is 6.05. The van der Waals surface area contributed by atoms with Gasteiger partial charge in [-0.3, -0.25) is 4.79 Å². The van der Waals surface area contributed by atoms with Crippen LogP contribution in [0, 0.1) is 11.8 Å². The van der Waals surface area contributed by atoms with Gasteiger partial charge in [0.15, 0.2) is 0 Å².